The normalized spacial score (nSPS) is 10.6. The second kappa shape index (κ2) is 11.6. The lowest BCUT2D eigenvalue weighted by molar-refractivity contribution is 0.313. The summed E-state index contributed by atoms with van der Waals surface area (Å²) in [6.07, 6.45) is 4.41. The molecule has 6 nitrogen and oxygen atoms in total. The molecule has 2 aromatic rings. The summed E-state index contributed by atoms with van der Waals surface area (Å²) in [5.41, 5.74) is 2.18. The van der Waals surface area contributed by atoms with Gasteiger partial charge in [0.05, 0.1) is 26.3 Å². The predicted molar refractivity (Wildman–Crippen MR) is 111 cm³/mol. The Kier molecular flexibility index (Phi) is 8.84. The molecule has 0 aliphatic rings. The van der Waals surface area contributed by atoms with Crippen LogP contribution in [0.1, 0.15) is 37.8 Å². The van der Waals surface area contributed by atoms with Crippen molar-refractivity contribution in [3.05, 3.63) is 59.7 Å². The fraction of sp³-hybridized carbons (Fsp3) is 0.391. The van der Waals surface area contributed by atoms with Crippen molar-refractivity contribution in [2.45, 2.75) is 32.1 Å². The molecule has 0 aromatic heterocycles. The summed E-state index contributed by atoms with van der Waals surface area (Å²) in [5, 5.41) is 0. The Balaban J connectivity index is 1.93. The second-order valence-electron chi connectivity index (χ2n) is 7.02. The molecule has 0 N–H and O–H groups in total. The van der Waals surface area contributed by atoms with E-state index in [9.17, 15) is 9.59 Å². The Morgan fingerprint density at radius 2 is 1.10 bits per heavy atom. The lowest BCUT2D eigenvalue weighted by Crippen LogP contribution is -2.18. The summed E-state index contributed by atoms with van der Waals surface area (Å²) in [6.45, 7) is 6.23. The van der Waals surface area contributed by atoms with Crippen LogP contribution in [0.2, 0.25) is 0 Å². The van der Waals surface area contributed by atoms with E-state index in [0.29, 0.717) is 39.1 Å². The quantitative estimate of drug-likeness (QED) is 0.307. The van der Waals surface area contributed by atoms with E-state index in [0.717, 1.165) is 11.5 Å². The average molecular weight is 394 g/mol. The first-order valence-corrected chi connectivity index (χ1v) is 9.62. The molecular formula is C23H26N2O4. The molecule has 152 valence electrons. The van der Waals surface area contributed by atoms with E-state index in [4.69, 9.17) is 9.47 Å². The van der Waals surface area contributed by atoms with Crippen molar-refractivity contribution in [3.8, 4) is 11.5 Å². The topological polar surface area (TPSA) is 77.3 Å². The smallest absolute Gasteiger partial charge is 0.234 e. The summed E-state index contributed by atoms with van der Waals surface area (Å²) in [6, 6.07) is 16.1. The summed E-state index contributed by atoms with van der Waals surface area (Å²) < 4.78 is 11.3. The van der Waals surface area contributed by atoms with Gasteiger partial charge in [-0.05, 0) is 35.4 Å². The molecule has 0 saturated carbocycles. The molecule has 0 spiro atoms. The maximum Gasteiger partial charge on any atom is 0.234 e. The van der Waals surface area contributed by atoms with Crippen molar-refractivity contribution in [1.82, 2.24) is 0 Å². The Hall–Kier alpha value is -3.20. The third kappa shape index (κ3) is 7.04. The SMILES string of the molecule is CC(C)(c1ccc(OCCCN=C=O)cc1)c1ccc(OCCCN=C=O)cc1. The molecule has 0 atom stereocenters. The Labute approximate surface area is 171 Å². The van der Waals surface area contributed by atoms with Crippen molar-refractivity contribution in [1.29, 1.82) is 0 Å². The van der Waals surface area contributed by atoms with Gasteiger partial charge in [-0.2, -0.15) is 0 Å². The molecule has 0 fully saturated rings. The van der Waals surface area contributed by atoms with E-state index in [1.807, 2.05) is 24.3 Å². The maximum atomic E-state index is 10.0. The predicted octanol–water partition coefficient (Wildman–Crippen LogP) is 4.22. The molecule has 0 aliphatic heterocycles. The number of carbonyl (C=O) groups excluding carboxylic acids is 2. The van der Waals surface area contributed by atoms with Gasteiger partial charge in [-0.25, -0.2) is 19.6 Å². The molecule has 0 radical (unpaired) electrons. The van der Waals surface area contributed by atoms with Gasteiger partial charge in [-0.15, -0.1) is 0 Å². The van der Waals surface area contributed by atoms with E-state index < -0.39 is 0 Å². The summed E-state index contributed by atoms with van der Waals surface area (Å²) in [4.78, 5) is 27.1. The molecule has 0 unspecified atom stereocenters. The van der Waals surface area contributed by atoms with Crippen LogP contribution < -0.4 is 9.47 Å². The van der Waals surface area contributed by atoms with Crippen LogP contribution in [0.5, 0.6) is 11.5 Å². The van der Waals surface area contributed by atoms with Gasteiger partial charge in [-0.1, -0.05) is 38.1 Å². The van der Waals surface area contributed by atoms with Gasteiger partial charge in [-0.3, -0.25) is 0 Å². The minimum atomic E-state index is -0.172. The Morgan fingerprint density at radius 3 is 1.45 bits per heavy atom. The molecule has 0 bridgehead atoms. The van der Waals surface area contributed by atoms with Crippen LogP contribution in [-0.4, -0.2) is 38.5 Å². The van der Waals surface area contributed by atoms with Gasteiger partial charge < -0.3 is 9.47 Å². The standard InChI is InChI=1S/C23H26N2O4/c1-23(2,19-5-9-21(10-6-19)28-15-3-13-24-17-26)20-7-11-22(12-8-20)29-16-4-14-25-18-27/h5-12H,3-4,13-16H2,1-2H3. The van der Waals surface area contributed by atoms with Crippen LogP contribution in [-0.2, 0) is 15.0 Å². The van der Waals surface area contributed by atoms with Gasteiger partial charge in [0, 0.05) is 18.3 Å². The number of benzene rings is 2. The average Bonchev–Trinajstić information content (AvgIpc) is 2.74. The zero-order chi connectivity index (χ0) is 21.0. The van der Waals surface area contributed by atoms with E-state index in [1.54, 1.807) is 0 Å². The highest BCUT2D eigenvalue weighted by molar-refractivity contribution is 5.41. The highest BCUT2D eigenvalue weighted by Crippen LogP contribution is 2.33. The first-order chi connectivity index (χ1) is 14.1. The van der Waals surface area contributed by atoms with Crippen LogP contribution in [0.15, 0.2) is 58.5 Å². The van der Waals surface area contributed by atoms with Gasteiger partial charge in [0.1, 0.15) is 11.5 Å². The second-order valence-corrected chi connectivity index (χ2v) is 7.02. The first-order valence-electron chi connectivity index (χ1n) is 9.62. The van der Waals surface area contributed by atoms with Crippen LogP contribution in [0.3, 0.4) is 0 Å². The molecule has 29 heavy (non-hydrogen) atoms. The third-order valence-electron chi connectivity index (χ3n) is 4.65. The van der Waals surface area contributed by atoms with Crippen molar-refractivity contribution in [2.24, 2.45) is 9.98 Å². The molecule has 0 amide bonds. The Bertz CT molecular complexity index is 776. The van der Waals surface area contributed by atoms with Crippen molar-refractivity contribution >= 4 is 12.2 Å². The number of nitrogens with zero attached hydrogens (tertiary/aromatic N) is 2. The lowest BCUT2D eigenvalue weighted by Gasteiger charge is -2.26. The van der Waals surface area contributed by atoms with E-state index in [-0.39, 0.29) is 5.41 Å². The zero-order valence-corrected chi connectivity index (χ0v) is 16.9. The number of aliphatic imine (C=N–C) groups is 2. The summed E-state index contributed by atoms with van der Waals surface area (Å²) in [7, 11) is 0. The van der Waals surface area contributed by atoms with Crippen molar-refractivity contribution in [2.75, 3.05) is 26.3 Å². The van der Waals surface area contributed by atoms with E-state index in [1.165, 1.54) is 23.3 Å². The number of hydrogen-bond donors (Lipinski definition) is 0. The van der Waals surface area contributed by atoms with Gasteiger partial charge in [0.25, 0.3) is 0 Å². The summed E-state index contributed by atoms with van der Waals surface area (Å²) >= 11 is 0. The van der Waals surface area contributed by atoms with Crippen LogP contribution in [0.4, 0.5) is 0 Å². The first kappa shape index (κ1) is 22.1. The molecular weight excluding hydrogens is 368 g/mol. The molecule has 0 heterocycles. The van der Waals surface area contributed by atoms with Gasteiger partial charge in [0.15, 0.2) is 0 Å². The molecule has 2 rings (SSSR count). The number of isocyanates is 2. The van der Waals surface area contributed by atoms with Gasteiger partial charge >= 0.3 is 0 Å². The number of hydrogen-bond acceptors (Lipinski definition) is 6. The summed E-state index contributed by atoms with van der Waals surface area (Å²) in [5.74, 6) is 1.59. The Morgan fingerprint density at radius 1 is 0.724 bits per heavy atom. The van der Waals surface area contributed by atoms with E-state index >= 15 is 0 Å². The minimum Gasteiger partial charge on any atom is -0.494 e. The van der Waals surface area contributed by atoms with Crippen LogP contribution in [0.25, 0.3) is 0 Å². The third-order valence-corrected chi connectivity index (χ3v) is 4.65. The fourth-order valence-corrected chi connectivity index (χ4v) is 2.86. The molecule has 6 heteroatoms. The lowest BCUT2D eigenvalue weighted by atomic mass is 9.78. The van der Waals surface area contributed by atoms with E-state index in [2.05, 4.69) is 48.1 Å². The largest absolute Gasteiger partial charge is 0.494 e. The highest BCUT2D eigenvalue weighted by Gasteiger charge is 2.23. The zero-order valence-electron chi connectivity index (χ0n) is 16.9. The minimum absolute atomic E-state index is 0.172. The highest BCUT2D eigenvalue weighted by atomic mass is 16.5. The molecule has 2 aromatic carbocycles. The van der Waals surface area contributed by atoms with Gasteiger partial charge in [0.2, 0.25) is 12.2 Å². The van der Waals surface area contributed by atoms with Crippen molar-refractivity contribution in [3.63, 3.8) is 0 Å². The fourth-order valence-electron chi connectivity index (χ4n) is 2.86. The molecule has 0 saturated heterocycles. The van der Waals surface area contributed by atoms with Crippen LogP contribution in [0, 0.1) is 0 Å². The van der Waals surface area contributed by atoms with Crippen LogP contribution >= 0.6 is 0 Å². The maximum absolute atomic E-state index is 10.0. The number of ether oxygens (including phenoxy) is 2. The number of rotatable bonds is 12. The van der Waals surface area contributed by atoms with Crippen molar-refractivity contribution < 1.29 is 19.1 Å². The molecule has 0 aliphatic carbocycles. The monoisotopic (exact) mass is 394 g/mol.